The molecule has 0 amide bonds. The lowest BCUT2D eigenvalue weighted by Gasteiger charge is -2.11. The van der Waals surface area contributed by atoms with Gasteiger partial charge in [-0.25, -0.2) is 4.39 Å². The Labute approximate surface area is 126 Å². The summed E-state index contributed by atoms with van der Waals surface area (Å²) in [5, 5.41) is 15.3. The van der Waals surface area contributed by atoms with Crippen molar-refractivity contribution in [3.8, 4) is 5.75 Å². The van der Waals surface area contributed by atoms with Gasteiger partial charge in [0.2, 0.25) is 0 Å². The maximum Gasteiger partial charge on any atom is 0.143 e. The average molecular weight is 302 g/mol. The summed E-state index contributed by atoms with van der Waals surface area (Å²) >= 11 is 5.66. The summed E-state index contributed by atoms with van der Waals surface area (Å²) in [6.45, 7) is 0.397. The SMILES string of the molecule is Oc1ccc2ccccc2c1CNc1ccc(Cl)c(F)c1. The molecule has 0 saturated heterocycles. The summed E-state index contributed by atoms with van der Waals surface area (Å²) in [6, 6.07) is 15.9. The van der Waals surface area contributed by atoms with Crippen molar-refractivity contribution in [2.75, 3.05) is 5.32 Å². The molecule has 21 heavy (non-hydrogen) atoms. The minimum atomic E-state index is -0.469. The monoisotopic (exact) mass is 301 g/mol. The number of anilines is 1. The van der Waals surface area contributed by atoms with Crippen molar-refractivity contribution in [2.24, 2.45) is 0 Å². The molecule has 0 aliphatic carbocycles. The zero-order valence-electron chi connectivity index (χ0n) is 11.1. The molecule has 0 aliphatic rings. The van der Waals surface area contributed by atoms with E-state index in [4.69, 9.17) is 11.6 Å². The van der Waals surface area contributed by atoms with Gasteiger partial charge < -0.3 is 10.4 Å². The molecule has 4 heteroatoms. The highest BCUT2D eigenvalue weighted by atomic mass is 35.5. The molecule has 0 spiro atoms. The highest BCUT2D eigenvalue weighted by Gasteiger charge is 2.07. The smallest absolute Gasteiger partial charge is 0.143 e. The lowest BCUT2D eigenvalue weighted by molar-refractivity contribution is 0.470. The fourth-order valence-corrected chi connectivity index (χ4v) is 2.42. The zero-order chi connectivity index (χ0) is 14.8. The summed E-state index contributed by atoms with van der Waals surface area (Å²) in [5.41, 5.74) is 1.40. The quantitative estimate of drug-likeness (QED) is 0.717. The van der Waals surface area contributed by atoms with E-state index in [1.807, 2.05) is 30.3 Å². The van der Waals surface area contributed by atoms with Crippen LogP contribution in [0.15, 0.2) is 54.6 Å². The van der Waals surface area contributed by atoms with Crippen molar-refractivity contribution in [3.63, 3.8) is 0 Å². The highest BCUT2D eigenvalue weighted by Crippen LogP contribution is 2.28. The molecule has 0 saturated carbocycles. The van der Waals surface area contributed by atoms with Gasteiger partial charge in [0.25, 0.3) is 0 Å². The van der Waals surface area contributed by atoms with Gasteiger partial charge in [-0.3, -0.25) is 0 Å². The van der Waals surface area contributed by atoms with Crippen LogP contribution in [0.4, 0.5) is 10.1 Å². The Morgan fingerprint density at radius 1 is 1.05 bits per heavy atom. The first kappa shape index (κ1) is 13.7. The van der Waals surface area contributed by atoms with Crippen molar-refractivity contribution in [1.82, 2.24) is 0 Å². The van der Waals surface area contributed by atoms with Crippen LogP contribution in [-0.2, 0) is 6.54 Å². The van der Waals surface area contributed by atoms with E-state index in [1.165, 1.54) is 12.1 Å². The minimum Gasteiger partial charge on any atom is -0.508 e. The first-order chi connectivity index (χ1) is 10.1. The number of nitrogens with one attached hydrogen (secondary N) is 1. The number of halogens is 2. The number of rotatable bonds is 3. The summed E-state index contributed by atoms with van der Waals surface area (Å²) in [5.74, 6) is -0.251. The molecule has 0 aromatic heterocycles. The fraction of sp³-hybridized carbons (Fsp3) is 0.0588. The van der Waals surface area contributed by atoms with E-state index in [-0.39, 0.29) is 10.8 Å². The topological polar surface area (TPSA) is 32.3 Å². The van der Waals surface area contributed by atoms with Gasteiger partial charge in [0.1, 0.15) is 11.6 Å². The number of hydrogen-bond donors (Lipinski definition) is 2. The molecule has 3 aromatic carbocycles. The number of phenolic OH excluding ortho intramolecular Hbond substituents is 1. The van der Waals surface area contributed by atoms with E-state index in [9.17, 15) is 9.50 Å². The van der Waals surface area contributed by atoms with Crippen molar-refractivity contribution in [2.45, 2.75) is 6.54 Å². The van der Waals surface area contributed by atoms with Crippen LogP contribution in [0, 0.1) is 5.82 Å². The number of hydrogen-bond acceptors (Lipinski definition) is 2. The zero-order valence-corrected chi connectivity index (χ0v) is 11.9. The first-order valence-electron chi connectivity index (χ1n) is 6.53. The number of aromatic hydroxyl groups is 1. The van der Waals surface area contributed by atoms with Gasteiger partial charge in [0, 0.05) is 17.8 Å². The van der Waals surface area contributed by atoms with Crippen LogP contribution in [0.5, 0.6) is 5.75 Å². The summed E-state index contributed by atoms with van der Waals surface area (Å²) in [7, 11) is 0. The molecule has 0 fully saturated rings. The van der Waals surface area contributed by atoms with Crippen molar-refractivity contribution in [1.29, 1.82) is 0 Å². The summed E-state index contributed by atoms with van der Waals surface area (Å²) in [4.78, 5) is 0. The number of benzene rings is 3. The highest BCUT2D eigenvalue weighted by molar-refractivity contribution is 6.30. The maximum absolute atomic E-state index is 13.4. The second-order valence-corrected chi connectivity index (χ2v) is 5.17. The first-order valence-corrected chi connectivity index (χ1v) is 6.91. The van der Waals surface area contributed by atoms with Crippen molar-refractivity contribution in [3.05, 3.63) is 71.0 Å². The molecule has 0 bridgehead atoms. The van der Waals surface area contributed by atoms with E-state index >= 15 is 0 Å². The van der Waals surface area contributed by atoms with E-state index in [2.05, 4.69) is 5.32 Å². The molecule has 0 atom stereocenters. The van der Waals surface area contributed by atoms with Crippen LogP contribution in [0.3, 0.4) is 0 Å². The van der Waals surface area contributed by atoms with Gasteiger partial charge in [-0.15, -0.1) is 0 Å². The molecule has 0 radical (unpaired) electrons. The summed E-state index contributed by atoms with van der Waals surface area (Å²) in [6.07, 6.45) is 0. The van der Waals surface area contributed by atoms with Crippen LogP contribution in [0.25, 0.3) is 10.8 Å². The van der Waals surface area contributed by atoms with Crippen molar-refractivity contribution < 1.29 is 9.50 Å². The van der Waals surface area contributed by atoms with Gasteiger partial charge in [0.05, 0.1) is 5.02 Å². The van der Waals surface area contributed by atoms with Gasteiger partial charge in [-0.2, -0.15) is 0 Å². The lowest BCUT2D eigenvalue weighted by atomic mass is 10.0. The maximum atomic E-state index is 13.4. The van der Waals surface area contributed by atoms with Crippen LogP contribution in [0.2, 0.25) is 5.02 Å². The van der Waals surface area contributed by atoms with Gasteiger partial charge >= 0.3 is 0 Å². The Morgan fingerprint density at radius 3 is 2.67 bits per heavy atom. The third-order valence-electron chi connectivity index (χ3n) is 3.40. The van der Waals surface area contributed by atoms with Gasteiger partial charge in [-0.05, 0) is 35.0 Å². The molecule has 106 valence electrons. The molecule has 0 aliphatic heterocycles. The van der Waals surface area contributed by atoms with E-state index in [0.717, 1.165) is 16.3 Å². The molecule has 0 unspecified atom stereocenters. The predicted molar refractivity (Wildman–Crippen MR) is 84.3 cm³/mol. The lowest BCUT2D eigenvalue weighted by Crippen LogP contribution is -2.01. The van der Waals surface area contributed by atoms with Gasteiger partial charge in [0.15, 0.2) is 0 Å². The van der Waals surface area contributed by atoms with Crippen LogP contribution >= 0.6 is 11.6 Å². The van der Waals surface area contributed by atoms with Gasteiger partial charge in [-0.1, -0.05) is 41.9 Å². The normalized spacial score (nSPS) is 10.8. The second-order valence-electron chi connectivity index (χ2n) is 4.77. The molecule has 0 heterocycles. The Hall–Kier alpha value is -2.26. The molecule has 3 aromatic rings. The van der Waals surface area contributed by atoms with Crippen LogP contribution in [0.1, 0.15) is 5.56 Å². The number of fused-ring (bicyclic) bond motifs is 1. The van der Waals surface area contributed by atoms with E-state index < -0.39 is 5.82 Å². The Bertz CT molecular complexity index is 804. The Balaban J connectivity index is 1.91. The van der Waals surface area contributed by atoms with E-state index in [1.54, 1.807) is 12.1 Å². The Morgan fingerprint density at radius 2 is 1.86 bits per heavy atom. The third-order valence-corrected chi connectivity index (χ3v) is 3.71. The van der Waals surface area contributed by atoms with Crippen molar-refractivity contribution >= 4 is 28.1 Å². The van der Waals surface area contributed by atoms with E-state index in [0.29, 0.717) is 12.2 Å². The summed E-state index contributed by atoms with van der Waals surface area (Å²) < 4.78 is 13.4. The molecular weight excluding hydrogens is 289 g/mol. The number of phenols is 1. The largest absolute Gasteiger partial charge is 0.508 e. The fourth-order valence-electron chi connectivity index (χ4n) is 2.31. The minimum absolute atomic E-state index is 0.0913. The van der Waals surface area contributed by atoms with Crippen LogP contribution < -0.4 is 5.32 Å². The molecule has 2 N–H and O–H groups in total. The van der Waals surface area contributed by atoms with Crippen LogP contribution in [-0.4, -0.2) is 5.11 Å². The Kier molecular flexibility index (Phi) is 3.67. The molecule has 3 rings (SSSR count). The molecular formula is C17H13ClFNO. The average Bonchev–Trinajstić information content (AvgIpc) is 2.50. The molecule has 2 nitrogen and oxygen atoms in total. The predicted octanol–water partition coefficient (Wildman–Crippen LogP) is 4.95. The standard InChI is InChI=1S/C17H13ClFNO/c18-15-7-6-12(9-16(15)19)20-10-14-13-4-2-1-3-11(13)5-8-17(14)21/h1-9,20-21H,10H2. The third kappa shape index (κ3) is 2.78. The second kappa shape index (κ2) is 5.62.